The van der Waals surface area contributed by atoms with Gasteiger partial charge in [-0.2, -0.15) is 0 Å². The van der Waals surface area contributed by atoms with Crippen molar-refractivity contribution in [3.05, 3.63) is 66.1 Å². The van der Waals surface area contributed by atoms with E-state index in [0.717, 1.165) is 47.3 Å². The largest absolute Gasteiger partial charge is 0.356 e. The van der Waals surface area contributed by atoms with Gasteiger partial charge in [0.15, 0.2) is 0 Å². The highest BCUT2D eigenvalue weighted by atomic mass is 16.1. The van der Waals surface area contributed by atoms with Crippen molar-refractivity contribution in [3.8, 4) is 11.3 Å². The number of aldehydes is 1. The highest BCUT2D eigenvalue weighted by Crippen LogP contribution is 2.44. The summed E-state index contributed by atoms with van der Waals surface area (Å²) < 4.78 is 0. The standard InChI is InChI=1S/C21H21N3O/c1-14-11-16(13-25)19-18(12-14)24-20(15-7-9-22-10-8-15)21(19)23-17-5-3-2-4-6-17/h2-10,13-14,16,23-24H,11-12H2,1H3. The molecule has 1 aromatic carbocycles. The van der Waals surface area contributed by atoms with E-state index in [1.807, 2.05) is 42.5 Å². The molecule has 0 bridgehead atoms. The van der Waals surface area contributed by atoms with Gasteiger partial charge in [-0.05, 0) is 43.0 Å². The summed E-state index contributed by atoms with van der Waals surface area (Å²) in [5, 5.41) is 3.55. The van der Waals surface area contributed by atoms with Crippen molar-refractivity contribution >= 4 is 17.7 Å². The fourth-order valence-electron chi connectivity index (χ4n) is 3.77. The number of hydrogen-bond donors (Lipinski definition) is 2. The average Bonchev–Trinajstić information content (AvgIpc) is 3.00. The van der Waals surface area contributed by atoms with Crippen molar-refractivity contribution in [1.29, 1.82) is 0 Å². The molecule has 0 aliphatic heterocycles. The minimum atomic E-state index is -0.0724. The Bertz CT molecular complexity index is 871. The monoisotopic (exact) mass is 331 g/mol. The predicted octanol–water partition coefficient (Wildman–Crippen LogP) is 4.69. The lowest BCUT2D eigenvalue weighted by Crippen LogP contribution is -2.17. The number of pyridine rings is 1. The van der Waals surface area contributed by atoms with Crippen LogP contribution in [0.1, 0.15) is 30.5 Å². The van der Waals surface area contributed by atoms with Crippen LogP contribution in [0.3, 0.4) is 0 Å². The molecule has 0 saturated heterocycles. The molecule has 4 nitrogen and oxygen atoms in total. The van der Waals surface area contributed by atoms with Crippen LogP contribution in [0.25, 0.3) is 11.3 Å². The molecule has 4 heteroatoms. The Morgan fingerprint density at radius 1 is 1.16 bits per heavy atom. The number of carbonyl (C=O) groups is 1. The van der Waals surface area contributed by atoms with Gasteiger partial charge in [0, 0.05) is 40.8 Å². The number of aromatic amines is 1. The zero-order valence-electron chi connectivity index (χ0n) is 14.2. The number of carbonyl (C=O) groups excluding carboxylic acids is 1. The second-order valence-electron chi connectivity index (χ2n) is 6.78. The van der Waals surface area contributed by atoms with Crippen LogP contribution in [0.2, 0.25) is 0 Å². The first-order valence-electron chi connectivity index (χ1n) is 8.68. The summed E-state index contributed by atoms with van der Waals surface area (Å²) >= 11 is 0. The van der Waals surface area contributed by atoms with Gasteiger partial charge in [-0.1, -0.05) is 25.1 Å². The normalized spacial score (nSPS) is 19.2. The van der Waals surface area contributed by atoms with E-state index in [2.05, 4.69) is 22.2 Å². The molecule has 3 aromatic rings. The van der Waals surface area contributed by atoms with Gasteiger partial charge >= 0.3 is 0 Å². The minimum absolute atomic E-state index is 0.0724. The minimum Gasteiger partial charge on any atom is -0.356 e. The zero-order valence-corrected chi connectivity index (χ0v) is 14.2. The third kappa shape index (κ3) is 2.95. The number of anilines is 2. The maximum atomic E-state index is 11.8. The van der Waals surface area contributed by atoms with E-state index in [-0.39, 0.29) is 5.92 Å². The van der Waals surface area contributed by atoms with E-state index < -0.39 is 0 Å². The molecule has 4 rings (SSSR count). The molecule has 2 unspecified atom stereocenters. The Morgan fingerprint density at radius 3 is 2.64 bits per heavy atom. The number of nitrogens with zero attached hydrogens (tertiary/aromatic N) is 1. The second-order valence-corrected chi connectivity index (χ2v) is 6.78. The van der Waals surface area contributed by atoms with Crippen LogP contribution < -0.4 is 5.32 Å². The van der Waals surface area contributed by atoms with Crippen molar-refractivity contribution in [3.63, 3.8) is 0 Å². The maximum Gasteiger partial charge on any atom is 0.127 e. The summed E-state index contributed by atoms with van der Waals surface area (Å²) in [6.45, 7) is 2.21. The summed E-state index contributed by atoms with van der Waals surface area (Å²) in [4.78, 5) is 19.5. The van der Waals surface area contributed by atoms with Gasteiger partial charge in [-0.3, -0.25) is 4.98 Å². The van der Waals surface area contributed by atoms with Gasteiger partial charge in [-0.25, -0.2) is 0 Å². The van der Waals surface area contributed by atoms with Gasteiger partial charge in [0.05, 0.1) is 11.4 Å². The molecule has 1 aliphatic carbocycles. The first-order chi connectivity index (χ1) is 12.3. The van der Waals surface area contributed by atoms with Gasteiger partial charge < -0.3 is 15.1 Å². The van der Waals surface area contributed by atoms with Gasteiger partial charge in [0.2, 0.25) is 0 Å². The fraction of sp³-hybridized carbons (Fsp3) is 0.238. The van der Waals surface area contributed by atoms with E-state index in [9.17, 15) is 4.79 Å². The molecule has 0 saturated carbocycles. The lowest BCUT2D eigenvalue weighted by atomic mass is 9.81. The SMILES string of the molecule is CC1Cc2[nH]c(-c3ccncc3)c(Nc3ccccc3)c2C(C=O)C1. The number of rotatable bonds is 4. The Kier molecular flexibility index (Phi) is 4.10. The van der Waals surface area contributed by atoms with Crippen molar-refractivity contribution in [2.24, 2.45) is 5.92 Å². The summed E-state index contributed by atoms with van der Waals surface area (Å²) in [6, 6.07) is 14.1. The number of nitrogens with one attached hydrogen (secondary N) is 2. The quantitative estimate of drug-likeness (QED) is 0.682. The van der Waals surface area contributed by atoms with Crippen LogP contribution >= 0.6 is 0 Å². The molecular weight excluding hydrogens is 310 g/mol. The summed E-state index contributed by atoms with van der Waals surface area (Å²) in [5.74, 6) is 0.424. The molecular formula is C21H21N3O. The van der Waals surface area contributed by atoms with Crippen LogP contribution in [-0.2, 0) is 11.2 Å². The van der Waals surface area contributed by atoms with Crippen molar-refractivity contribution in [1.82, 2.24) is 9.97 Å². The molecule has 0 fully saturated rings. The van der Waals surface area contributed by atoms with E-state index in [1.165, 1.54) is 5.69 Å². The van der Waals surface area contributed by atoms with Gasteiger partial charge in [0.25, 0.3) is 0 Å². The molecule has 2 N–H and O–H groups in total. The lowest BCUT2D eigenvalue weighted by Gasteiger charge is -2.24. The molecule has 0 amide bonds. The lowest BCUT2D eigenvalue weighted by molar-refractivity contribution is -0.109. The Hall–Kier alpha value is -2.88. The van der Waals surface area contributed by atoms with E-state index in [0.29, 0.717) is 5.92 Å². The third-order valence-corrected chi connectivity index (χ3v) is 4.88. The molecule has 2 aromatic heterocycles. The highest BCUT2D eigenvalue weighted by molar-refractivity contribution is 5.86. The predicted molar refractivity (Wildman–Crippen MR) is 100 cm³/mol. The smallest absolute Gasteiger partial charge is 0.127 e. The first kappa shape index (κ1) is 15.6. The Labute approximate surface area is 147 Å². The van der Waals surface area contributed by atoms with Crippen LogP contribution in [0, 0.1) is 5.92 Å². The molecule has 126 valence electrons. The zero-order chi connectivity index (χ0) is 17.2. The topological polar surface area (TPSA) is 57.8 Å². The van der Waals surface area contributed by atoms with E-state index >= 15 is 0 Å². The maximum absolute atomic E-state index is 11.8. The summed E-state index contributed by atoms with van der Waals surface area (Å²) in [5.41, 5.74) is 6.40. The molecule has 25 heavy (non-hydrogen) atoms. The van der Waals surface area contributed by atoms with E-state index in [1.54, 1.807) is 12.4 Å². The Morgan fingerprint density at radius 2 is 1.92 bits per heavy atom. The third-order valence-electron chi connectivity index (χ3n) is 4.88. The van der Waals surface area contributed by atoms with Crippen LogP contribution in [0.5, 0.6) is 0 Å². The van der Waals surface area contributed by atoms with Crippen molar-refractivity contribution in [2.75, 3.05) is 5.32 Å². The number of H-pyrrole nitrogens is 1. The van der Waals surface area contributed by atoms with Gasteiger partial charge in [0.1, 0.15) is 6.29 Å². The number of benzene rings is 1. The van der Waals surface area contributed by atoms with Crippen LogP contribution in [0.4, 0.5) is 11.4 Å². The fourth-order valence-corrected chi connectivity index (χ4v) is 3.77. The number of fused-ring (bicyclic) bond motifs is 1. The van der Waals surface area contributed by atoms with Gasteiger partial charge in [-0.15, -0.1) is 0 Å². The molecule has 0 spiro atoms. The first-order valence-corrected chi connectivity index (χ1v) is 8.68. The average molecular weight is 331 g/mol. The second kappa shape index (κ2) is 6.55. The highest BCUT2D eigenvalue weighted by Gasteiger charge is 2.31. The molecule has 0 radical (unpaired) electrons. The molecule has 2 heterocycles. The summed E-state index contributed by atoms with van der Waals surface area (Å²) in [6.07, 6.45) is 6.54. The molecule has 2 atom stereocenters. The van der Waals surface area contributed by atoms with Crippen LogP contribution in [-0.4, -0.2) is 16.3 Å². The summed E-state index contributed by atoms with van der Waals surface area (Å²) in [7, 11) is 0. The van der Waals surface area contributed by atoms with Crippen LogP contribution in [0.15, 0.2) is 54.9 Å². The van der Waals surface area contributed by atoms with Crippen molar-refractivity contribution in [2.45, 2.75) is 25.7 Å². The number of aromatic nitrogens is 2. The number of para-hydroxylation sites is 1. The number of hydrogen-bond acceptors (Lipinski definition) is 3. The van der Waals surface area contributed by atoms with E-state index in [4.69, 9.17) is 0 Å². The van der Waals surface area contributed by atoms with Crippen molar-refractivity contribution < 1.29 is 4.79 Å². The molecule has 1 aliphatic rings. The Balaban J connectivity index is 1.88.